The van der Waals surface area contributed by atoms with E-state index in [1.807, 2.05) is 47.3 Å². The van der Waals surface area contributed by atoms with Crippen molar-refractivity contribution in [1.82, 2.24) is 9.78 Å². The summed E-state index contributed by atoms with van der Waals surface area (Å²) >= 11 is 0. The van der Waals surface area contributed by atoms with Crippen molar-refractivity contribution in [3.63, 3.8) is 0 Å². The highest BCUT2D eigenvalue weighted by Crippen LogP contribution is 2.26. The van der Waals surface area contributed by atoms with E-state index in [0.717, 1.165) is 22.4 Å². The highest BCUT2D eigenvalue weighted by atomic mass is 32.2. The molecule has 3 rings (SSSR count). The SMILES string of the molecule is C=CCn1ccc(-c2cccc(-c3ccc(S(C)(=O)=O)cc3)c2)n1. The Kier molecular flexibility index (Phi) is 4.36. The molecule has 3 aromatic rings. The molecule has 24 heavy (non-hydrogen) atoms. The van der Waals surface area contributed by atoms with Gasteiger partial charge in [0, 0.05) is 18.0 Å². The molecule has 122 valence electrons. The van der Waals surface area contributed by atoms with Crippen molar-refractivity contribution in [3.05, 3.63) is 73.4 Å². The van der Waals surface area contributed by atoms with Crippen LogP contribution in [0.15, 0.2) is 78.3 Å². The lowest BCUT2D eigenvalue weighted by Gasteiger charge is -2.05. The number of benzene rings is 2. The molecule has 0 saturated carbocycles. The minimum atomic E-state index is -3.18. The molecule has 0 N–H and O–H groups in total. The van der Waals surface area contributed by atoms with Gasteiger partial charge in [0.1, 0.15) is 0 Å². The first kappa shape index (κ1) is 16.2. The van der Waals surface area contributed by atoms with Crippen molar-refractivity contribution in [3.8, 4) is 22.4 Å². The maximum absolute atomic E-state index is 11.6. The second-order valence-corrected chi connectivity index (χ2v) is 7.60. The van der Waals surface area contributed by atoms with Gasteiger partial charge in [0.05, 0.1) is 17.1 Å². The van der Waals surface area contributed by atoms with Crippen molar-refractivity contribution < 1.29 is 8.42 Å². The number of hydrogen-bond acceptors (Lipinski definition) is 3. The zero-order chi connectivity index (χ0) is 17.2. The summed E-state index contributed by atoms with van der Waals surface area (Å²) in [5, 5.41) is 4.52. The van der Waals surface area contributed by atoms with Crippen LogP contribution >= 0.6 is 0 Å². The fourth-order valence-electron chi connectivity index (χ4n) is 2.50. The molecule has 2 aromatic carbocycles. The number of rotatable bonds is 5. The molecule has 0 unspecified atom stereocenters. The van der Waals surface area contributed by atoms with E-state index < -0.39 is 9.84 Å². The van der Waals surface area contributed by atoms with Crippen LogP contribution in [0.3, 0.4) is 0 Å². The van der Waals surface area contributed by atoms with Crippen LogP contribution in [0.1, 0.15) is 0 Å². The van der Waals surface area contributed by atoms with Gasteiger partial charge in [-0.15, -0.1) is 6.58 Å². The van der Waals surface area contributed by atoms with Gasteiger partial charge < -0.3 is 0 Å². The lowest BCUT2D eigenvalue weighted by molar-refractivity contribution is 0.602. The smallest absolute Gasteiger partial charge is 0.175 e. The average Bonchev–Trinajstić information content (AvgIpc) is 3.03. The molecule has 0 aliphatic carbocycles. The van der Waals surface area contributed by atoms with Gasteiger partial charge in [0.2, 0.25) is 0 Å². The molecule has 1 aromatic heterocycles. The Morgan fingerprint density at radius 3 is 2.42 bits per heavy atom. The third-order valence-corrected chi connectivity index (χ3v) is 4.86. The molecule has 0 atom stereocenters. The summed E-state index contributed by atoms with van der Waals surface area (Å²) in [6.45, 7) is 4.39. The molecule has 0 bridgehead atoms. The Morgan fingerprint density at radius 2 is 1.75 bits per heavy atom. The Labute approximate surface area is 142 Å². The van der Waals surface area contributed by atoms with Gasteiger partial charge in [-0.1, -0.05) is 36.4 Å². The molecular weight excluding hydrogens is 320 g/mol. The third kappa shape index (κ3) is 3.46. The van der Waals surface area contributed by atoms with Crippen LogP contribution in [0.2, 0.25) is 0 Å². The van der Waals surface area contributed by atoms with Gasteiger partial charge in [-0.05, 0) is 35.4 Å². The molecular formula is C19H18N2O2S. The van der Waals surface area contributed by atoms with Crippen LogP contribution in [0, 0.1) is 0 Å². The largest absolute Gasteiger partial charge is 0.268 e. The Morgan fingerprint density at radius 1 is 1.04 bits per heavy atom. The number of nitrogens with zero attached hydrogens (tertiary/aromatic N) is 2. The number of sulfone groups is 1. The van der Waals surface area contributed by atoms with Crippen LogP contribution in [0.4, 0.5) is 0 Å². The van der Waals surface area contributed by atoms with Crippen molar-refractivity contribution in [2.45, 2.75) is 11.4 Å². The lowest BCUT2D eigenvalue weighted by Crippen LogP contribution is -1.96. The van der Waals surface area contributed by atoms with E-state index in [1.54, 1.807) is 18.2 Å². The normalized spacial score (nSPS) is 11.4. The molecule has 4 nitrogen and oxygen atoms in total. The molecule has 0 aliphatic heterocycles. The van der Waals surface area contributed by atoms with Crippen molar-refractivity contribution in [2.75, 3.05) is 6.26 Å². The Balaban J connectivity index is 1.93. The van der Waals surface area contributed by atoms with E-state index >= 15 is 0 Å². The van der Waals surface area contributed by atoms with Crippen LogP contribution in [-0.2, 0) is 16.4 Å². The van der Waals surface area contributed by atoms with Gasteiger partial charge >= 0.3 is 0 Å². The van der Waals surface area contributed by atoms with E-state index in [4.69, 9.17) is 0 Å². The minimum Gasteiger partial charge on any atom is -0.268 e. The predicted octanol–water partition coefficient (Wildman–Crippen LogP) is 3.81. The van der Waals surface area contributed by atoms with Gasteiger partial charge in [-0.2, -0.15) is 5.10 Å². The molecule has 5 heteroatoms. The average molecular weight is 338 g/mol. The second-order valence-electron chi connectivity index (χ2n) is 5.59. The predicted molar refractivity (Wildman–Crippen MR) is 96.4 cm³/mol. The minimum absolute atomic E-state index is 0.325. The summed E-state index contributed by atoms with van der Waals surface area (Å²) in [4.78, 5) is 0.325. The number of allylic oxidation sites excluding steroid dienone is 1. The topological polar surface area (TPSA) is 52.0 Å². The van der Waals surface area contributed by atoms with E-state index in [0.29, 0.717) is 11.4 Å². The molecule has 0 saturated heterocycles. The lowest BCUT2D eigenvalue weighted by atomic mass is 10.0. The van der Waals surface area contributed by atoms with Crippen molar-refractivity contribution in [2.24, 2.45) is 0 Å². The first-order chi connectivity index (χ1) is 11.5. The molecule has 0 amide bonds. The van der Waals surface area contributed by atoms with E-state index in [-0.39, 0.29) is 0 Å². The monoisotopic (exact) mass is 338 g/mol. The van der Waals surface area contributed by atoms with Gasteiger partial charge in [0.15, 0.2) is 9.84 Å². The highest BCUT2D eigenvalue weighted by Gasteiger charge is 2.08. The maximum Gasteiger partial charge on any atom is 0.175 e. The van der Waals surface area contributed by atoms with Crippen LogP contribution in [-0.4, -0.2) is 24.5 Å². The summed E-state index contributed by atoms with van der Waals surface area (Å²) in [6.07, 6.45) is 4.93. The summed E-state index contributed by atoms with van der Waals surface area (Å²) in [5.41, 5.74) is 3.90. The first-order valence-electron chi connectivity index (χ1n) is 7.52. The maximum atomic E-state index is 11.6. The number of aromatic nitrogens is 2. The van der Waals surface area contributed by atoms with Crippen LogP contribution in [0.25, 0.3) is 22.4 Å². The zero-order valence-corrected chi connectivity index (χ0v) is 14.2. The fraction of sp³-hybridized carbons (Fsp3) is 0.105. The van der Waals surface area contributed by atoms with Gasteiger partial charge in [0.25, 0.3) is 0 Å². The quantitative estimate of drug-likeness (QED) is 0.665. The van der Waals surface area contributed by atoms with Crippen LogP contribution in [0.5, 0.6) is 0 Å². The summed E-state index contributed by atoms with van der Waals surface area (Å²) < 4.78 is 24.9. The Hall–Kier alpha value is -2.66. The van der Waals surface area contributed by atoms with Gasteiger partial charge in [-0.3, -0.25) is 4.68 Å². The number of hydrogen-bond donors (Lipinski definition) is 0. The summed E-state index contributed by atoms with van der Waals surface area (Å²) in [5.74, 6) is 0. The zero-order valence-electron chi connectivity index (χ0n) is 13.4. The Bertz CT molecular complexity index is 971. The summed E-state index contributed by atoms with van der Waals surface area (Å²) in [7, 11) is -3.18. The summed E-state index contributed by atoms with van der Waals surface area (Å²) in [6, 6.07) is 16.9. The van der Waals surface area contributed by atoms with Crippen molar-refractivity contribution in [1.29, 1.82) is 0 Å². The highest BCUT2D eigenvalue weighted by molar-refractivity contribution is 7.90. The standard InChI is InChI=1S/C19H18N2O2S/c1-3-12-21-13-11-19(20-21)17-6-4-5-16(14-17)15-7-9-18(10-8-15)24(2,22)23/h3-11,13-14H,1,12H2,2H3. The molecule has 0 radical (unpaired) electrons. The van der Waals surface area contributed by atoms with Gasteiger partial charge in [-0.25, -0.2) is 8.42 Å². The molecule has 0 spiro atoms. The van der Waals surface area contributed by atoms with Crippen molar-refractivity contribution >= 4 is 9.84 Å². The first-order valence-corrected chi connectivity index (χ1v) is 9.42. The fourth-order valence-corrected chi connectivity index (χ4v) is 3.13. The van der Waals surface area contributed by atoms with E-state index in [9.17, 15) is 8.42 Å². The second kappa shape index (κ2) is 6.45. The molecule has 0 aliphatic rings. The molecule has 1 heterocycles. The van der Waals surface area contributed by atoms with E-state index in [1.165, 1.54) is 6.26 Å². The van der Waals surface area contributed by atoms with E-state index in [2.05, 4.69) is 17.7 Å². The third-order valence-electron chi connectivity index (χ3n) is 3.73. The molecule has 0 fully saturated rings. The van der Waals surface area contributed by atoms with Crippen LogP contribution < -0.4 is 0 Å².